The third-order valence-corrected chi connectivity index (χ3v) is 6.23. The Labute approximate surface area is 117 Å². The lowest BCUT2D eigenvalue weighted by Gasteiger charge is -2.30. The second-order valence-corrected chi connectivity index (χ2v) is 7.75. The van der Waals surface area contributed by atoms with Crippen molar-refractivity contribution in [1.82, 2.24) is 5.32 Å². The summed E-state index contributed by atoms with van der Waals surface area (Å²) in [6, 6.07) is 0.291. The van der Waals surface area contributed by atoms with E-state index >= 15 is 0 Å². The number of carbonyl (C=O) groups excluding carboxylic acids is 1. The zero-order chi connectivity index (χ0) is 14.3. The molecule has 0 radical (unpaired) electrons. The number of carbonyl (C=O) groups is 1. The molecule has 2 fully saturated rings. The third kappa shape index (κ3) is 2.31. The van der Waals surface area contributed by atoms with E-state index in [2.05, 4.69) is 33.0 Å². The minimum absolute atomic E-state index is 0.198. The monoisotopic (exact) mass is 266 g/mol. The van der Waals surface area contributed by atoms with Crippen LogP contribution in [-0.2, 0) is 4.79 Å². The van der Waals surface area contributed by atoms with Crippen molar-refractivity contribution in [3.05, 3.63) is 0 Å². The molecule has 110 valence electrons. The van der Waals surface area contributed by atoms with E-state index in [0.717, 1.165) is 25.7 Å². The minimum atomic E-state index is -0.300. The van der Waals surface area contributed by atoms with Gasteiger partial charge in [0, 0.05) is 12.6 Å². The van der Waals surface area contributed by atoms with Gasteiger partial charge in [0.2, 0.25) is 5.91 Å². The van der Waals surface area contributed by atoms with Crippen molar-refractivity contribution in [3.8, 4) is 0 Å². The molecule has 0 spiro atoms. The van der Waals surface area contributed by atoms with E-state index in [1.54, 1.807) is 0 Å². The molecule has 0 heterocycles. The van der Waals surface area contributed by atoms with Gasteiger partial charge in [-0.1, -0.05) is 53.4 Å². The third-order valence-electron chi connectivity index (χ3n) is 6.23. The van der Waals surface area contributed by atoms with Crippen LogP contribution in [0.4, 0.5) is 0 Å². The number of amides is 1. The van der Waals surface area contributed by atoms with Gasteiger partial charge in [-0.05, 0) is 23.7 Å². The largest absolute Gasteiger partial charge is 0.352 e. The molecule has 2 rings (SSSR count). The number of nitrogens with two attached hydrogens (primary N) is 1. The summed E-state index contributed by atoms with van der Waals surface area (Å²) in [7, 11) is 0. The summed E-state index contributed by atoms with van der Waals surface area (Å²) in [5.41, 5.74) is 6.07. The highest BCUT2D eigenvalue weighted by molar-refractivity contribution is 5.83. The van der Waals surface area contributed by atoms with Gasteiger partial charge in [-0.3, -0.25) is 4.79 Å². The van der Waals surface area contributed by atoms with E-state index in [4.69, 9.17) is 5.73 Å². The summed E-state index contributed by atoms with van der Waals surface area (Å²) in [6.45, 7) is 9.44. The van der Waals surface area contributed by atoms with Gasteiger partial charge in [0.15, 0.2) is 0 Å². The molecule has 1 amide bonds. The summed E-state index contributed by atoms with van der Waals surface area (Å²) in [5, 5.41) is 3.30. The zero-order valence-electron chi connectivity index (χ0n) is 13.0. The summed E-state index contributed by atoms with van der Waals surface area (Å²) in [4.78, 5) is 12.7. The van der Waals surface area contributed by atoms with Crippen LogP contribution in [0.3, 0.4) is 0 Å². The molecular formula is C16H30N2O. The Morgan fingerprint density at radius 1 is 1.05 bits per heavy atom. The molecule has 0 aliphatic heterocycles. The van der Waals surface area contributed by atoms with Gasteiger partial charge in [0.1, 0.15) is 0 Å². The first kappa shape index (κ1) is 14.8. The number of hydrogen-bond acceptors (Lipinski definition) is 2. The predicted octanol–water partition coefficient (Wildman–Crippen LogP) is 2.84. The number of hydrogen-bond donors (Lipinski definition) is 2. The SMILES string of the molecule is CC1(C)C(NC(=O)C2(CN)CCCCCC2)C1(C)C. The normalized spacial score (nSPS) is 28.5. The lowest BCUT2D eigenvalue weighted by Crippen LogP contribution is -2.47. The lowest BCUT2D eigenvalue weighted by molar-refractivity contribution is -0.131. The smallest absolute Gasteiger partial charge is 0.227 e. The minimum Gasteiger partial charge on any atom is -0.352 e. The van der Waals surface area contributed by atoms with Crippen LogP contribution in [0, 0.1) is 16.2 Å². The maximum absolute atomic E-state index is 12.7. The van der Waals surface area contributed by atoms with Crippen LogP contribution in [0.2, 0.25) is 0 Å². The van der Waals surface area contributed by atoms with Crippen LogP contribution in [0.25, 0.3) is 0 Å². The fourth-order valence-electron chi connectivity index (χ4n) is 3.77. The fourth-order valence-corrected chi connectivity index (χ4v) is 3.77. The second kappa shape index (κ2) is 4.76. The zero-order valence-corrected chi connectivity index (χ0v) is 13.0. The lowest BCUT2D eigenvalue weighted by atomic mass is 9.79. The first-order chi connectivity index (χ1) is 8.78. The molecule has 0 saturated heterocycles. The quantitative estimate of drug-likeness (QED) is 0.772. The van der Waals surface area contributed by atoms with Crippen LogP contribution in [0.5, 0.6) is 0 Å². The standard InChI is InChI=1S/C16H30N2O/c1-14(2)12(15(14,3)4)18-13(19)16(11-17)9-7-5-6-8-10-16/h12H,5-11,17H2,1-4H3,(H,18,19). The van der Waals surface area contributed by atoms with Gasteiger partial charge >= 0.3 is 0 Å². The first-order valence-electron chi connectivity index (χ1n) is 7.79. The molecule has 0 unspecified atom stereocenters. The van der Waals surface area contributed by atoms with Crippen molar-refractivity contribution in [1.29, 1.82) is 0 Å². The molecule has 3 N–H and O–H groups in total. The molecule has 2 saturated carbocycles. The summed E-state index contributed by atoms with van der Waals surface area (Å²) in [5.74, 6) is 0.209. The molecule has 19 heavy (non-hydrogen) atoms. The Morgan fingerprint density at radius 3 is 1.89 bits per heavy atom. The highest BCUT2D eigenvalue weighted by Gasteiger charge is 2.66. The van der Waals surface area contributed by atoms with Crippen LogP contribution in [0.15, 0.2) is 0 Å². The average molecular weight is 266 g/mol. The topological polar surface area (TPSA) is 55.1 Å². The van der Waals surface area contributed by atoms with E-state index in [0.29, 0.717) is 12.6 Å². The van der Waals surface area contributed by atoms with Gasteiger partial charge in [-0.2, -0.15) is 0 Å². The van der Waals surface area contributed by atoms with Crippen molar-refractivity contribution < 1.29 is 4.79 Å². The molecule has 0 aromatic carbocycles. The van der Waals surface area contributed by atoms with Crippen LogP contribution in [-0.4, -0.2) is 18.5 Å². The fraction of sp³-hybridized carbons (Fsp3) is 0.938. The first-order valence-corrected chi connectivity index (χ1v) is 7.79. The Balaban J connectivity index is 2.06. The molecular weight excluding hydrogens is 236 g/mol. The van der Waals surface area contributed by atoms with Crippen LogP contribution >= 0.6 is 0 Å². The highest BCUT2D eigenvalue weighted by Crippen LogP contribution is 2.62. The molecule has 0 bridgehead atoms. The van der Waals surface area contributed by atoms with E-state index in [9.17, 15) is 4.79 Å². The average Bonchev–Trinajstić information content (AvgIpc) is 2.88. The van der Waals surface area contributed by atoms with Gasteiger partial charge in [-0.15, -0.1) is 0 Å². The molecule has 3 heteroatoms. The van der Waals surface area contributed by atoms with E-state index in [1.807, 2.05) is 0 Å². The van der Waals surface area contributed by atoms with Gasteiger partial charge < -0.3 is 11.1 Å². The number of rotatable bonds is 3. The van der Waals surface area contributed by atoms with Gasteiger partial charge in [0.05, 0.1) is 5.41 Å². The van der Waals surface area contributed by atoms with Crippen molar-refractivity contribution in [2.75, 3.05) is 6.54 Å². The molecule has 2 aliphatic carbocycles. The van der Waals surface area contributed by atoms with Gasteiger partial charge in [0.25, 0.3) is 0 Å². The molecule has 0 aromatic rings. The van der Waals surface area contributed by atoms with Crippen molar-refractivity contribution in [2.45, 2.75) is 72.3 Å². The van der Waals surface area contributed by atoms with E-state index in [-0.39, 0.29) is 22.2 Å². The predicted molar refractivity (Wildman–Crippen MR) is 78.7 cm³/mol. The molecule has 0 aromatic heterocycles. The summed E-state index contributed by atoms with van der Waals surface area (Å²) in [6.07, 6.45) is 6.70. The van der Waals surface area contributed by atoms with Gasteiger partial charge in [-0.25, -0.2) is 0 Å². The summed E-state index contributed by atoms with van der Waals surface area (Å²) >= 11 is 0. The van der Waals surface area contributed by atoms with Crippen molar-refractivity contribution in [2.24, 2.45) is 22.0 Å². The molecule has 3 nitrogen and oxygen atoms in total. The molecule has 2 aliphatic rings. The second-order valence-electron chi connectivity index (χ2n) is 7.75. The molecule has 0 atom stereocenters. The van der Waals surface area contributed by atoms with E-state index < -0.39 is 0 Å². The Bertz CT molecular complexity index is 338. The van der Waals surface area contributed by atoms with Crippen molar-refractivity contribution >= 4 is 5.91 Å². The maximum atomic E-state index is 12.7. The van der Waals surface area contributed by atoms with Crippen LogP contribution < -0.4 is 11.1 Å². The van der Waals surface area contributed by atoms with Crippen LogP contribution in [0.1, 0.15) is 66.2 Å². The summed E-state index contributed by atoms with van der Waals surface area (Å²) < 4.78 is 0. The Kier molecular flexibility index (Phi) is 3.72. The highest BCUT2D eigenvalue weighted by atomic mass is 16.2. The number of nitrogens with one attached hydrogen (secondary N) is 1. The Hall–Kier alpha value is -0.570. The Morgan fingerprint density at radius 2 is 1.53 bits per heavy atom. The van der Waals surface area contributed by atoms with E-state index in [1.165, 1.54) is 12.8 Å². The van der Waals surface area contributed by atoms with Crippen molar-refractivity contribution in [3.63, 3.8) is 0 Å². The maximum Gasteiger partial charge on any atom is 0.227 e.